The summed E-state index contributed by atoms with van der Waals surface area (Å²) in [6.45, 7) is 0.283. The molecule has 0 aliphatic carbocycles. The molecule has 4 unspecified atom stereocenters. The van der Waals surface area contributed by atoms with Crippen molar-refractivity contribution in [2.45, 2.75) is 69.1 Å². The monoisotopic (exact) mass is 590 g/mol. The molecule has 18 heteroatoms. The maximum Gasteiger partial charge on any atom is 0.326 e. The molecule has 0 aromatic heterocycles. The molecule has 0 saturated carbocycles. The van der Waals surface area contributed by atoms with Gasteiger partial charge >= 0.3 is 11.9 Å². The Balaban J connectivity index is 5.65. The Hall–Kier alpha value is -3.80. The lowest BCUT2D eigenvalue weighted by molar-refractivity contribution is -0.143. The number of carbonyl (C=O) groups is 5. The fraction of sp³-hybridized carbons (Fsp3) is 0.682. The molecule has 0 fully saturated rings. The molecule has 17 nitrogen and oxygen atoms in total. The molecule has 0 radical (unpaired) electrons. The number of hydrogen-bond acceptors (Lipinski definition) is 9. The minimum atomic E-state index is -1.41. The SMILES string of the molecule is CSCCC(N)C(=O)NC(CCCN=C(N)N)C(=O)NC(CCC(=O)O)C(=O)NC(CCCN=C(N)N)C(=O)O. The van der Waals surface area contributed by atoms with E-state index >= 15 is 0 Å². The third-order valence-electron chi connectivity index (χ3n) is 5.39. The summed E-state index contributed by atoms with van der Waals surface area (Å²) < 4.78 is 0. The largest absolute Gasteiger partial charge is 0.481 e. The van der Waals surface area contributed by atoms with E-state index in [4.69, 9.17) is 33.8 Å². The number of aliphatic imine (C=N–C) groups is 2. The van der Waals surface area contributed by atoms with Crippen molar-refractivity contribution in [3.63, 3.8) is 0 Å². The first-order valence-corrected chi connectivity index (χ1v) is 13.9. The zero-order valence-corrected chi connectivity index (χ0v) is 23.3. The van der Waals surface area contributed by atoms with Crippen LogP contribution in [0, 0.1) is 0 Å². The molecule has 15 N–H and O–H groups in total. The molecule has 0 heterocycles. The maximum absolute atomic E-state index is 13.2. The van der Waals surface area contributed by atoms with Gasteiger partial charge in [-0.15, -0.1) is 0 Å². The van der Waals surface area contributed by atoms with Crippen LogP contribution in [0.1, 0.15) is 44.9 Å². The molecule has 0 aromatic rings. The van der Waals surface area contributed by atoms with Crippen LogP contribution in [-0.4, -0.2) is 101 Å². The highest BCUT2D eigenvalue weighted by Crippen LogP contribution is 2.07. The lowest BCUT2D eigenvalue weighted by Crippen LogP contribution is -2.57. The Morgan fingerprint density at radius 1 is 0.725 bits per heavy atom. The van der Waals surface area contributed by atoms with Gasteiger partial charge in [-0.3, -0.25) is 29.2 Å². The summed E-state index contributed by atoms with van der Waals surface area (Å²) in [6, 6.07) is -4.81. The van der Waals surface area contributed by atoms with Gasteiger partial charge in [0.25, 0.3) is 0 Å². The van der Waals surface area contributed by atoms with Crippen molar-refractivity contribution in [2.24, 2.45) is 38.7 Å². The second kappa shape index (κ2) is 20.2. The molecule has 0 aliphatic rings. The van der Waals surface area contributed by atoms with Crippen molar-refractivity contribution in [1.82, 2.24) is 16.0 Å². The van der Waals surface area contributed by atoms with Crippen LogP contribution < -0.4 is 44.6 Å². The second-order valence-corrected chi connectivity index (χ2v) is 9.73. The van der Waals surface area contributed by atoms with Gasteiger partial charge in [0.1, 0.15) is 18.1 Å². The first-order chi connectivity index (χ1) is 18.8. The average molecular weight is 591 g/mol. The molecule has 0 spiro atoms. The number of nitrogens with zero attached hydrogens (tertiary/aromatic N) is 2. The van der Waals surface area contributed by atoms with Crippen LogP contribution in [0.25, 0.3) is 0 Å². The van der Waals surface area contributed by atoms with Gasteiger partial charge < -0.3 is 54.8 Å². The van der Waals surface area contributed by atoms with Crippen LogP contribution in [0.4, 0.5) is 0 Å². The van der Waals surface area contributed by atoms with Crippen molar-refractivity contribution >= 4 is 53.3 Å². The maximum atomic E-state index is 13.2. The van der Waals surface area contributed by atoms with E-state index in [2.05, 4.69) is 25.9 Å². The van der Waals surface area contributed by atoms with Crippen molar-refractivity contribution in [2.75, 3.05) is 25.1 Å². The van der Waals surface area contributed by atoms with Crippen molar-refractivity contribution in [3.05, 3.63) is 0 Å². The normalized spacial score (nSPS) is 13.6. The van der Waals surface area contributed by atoms with E-state index in [0.717, 1.165) is 0 Å². The quantitative estimate of drug-likeness (QED) is 0.0354. The van der Waals surface area contributed by atoms with Gasteiger partial charge in [-0.05, 0) is 50.5 Å². The smallest absolute Gasteiger partial charge is 0.326 e. The van der Waals surface area contributed by atoms with Gasteiger partial charge in [-0.1, -0.05) is 0 Å². The number of carbonyl (C=O) groups excluding carboxylic acids is 3. The number of carboxylic acid groups (broad SMARTS) is 2. The summed E-state index contributed by atoms with van der Waals surface area (Å²) >= 11 is 1.50. The predicted octanol–water partition coefficient (Wildman–Crippen LogP) is -3.42. The lowest BCUT2D eigenvalue weighted by Gasteiger charge is -2.25. The van der Waals surface area contributed by atoms with Gasteiger partial charge in [0.15, 0.2) is 11.9 Å². The Bertz CT molecular complexity index is 910. The van der Waals surface area contributed by atoms with Crippen LogP contribution in [0.3, 0.4) is 0 Å². The van der Waals surface area contributed by atoms with Crippen LogP contribution in [-0.2, 0) is 24.0 Å². The number of amides is 3. The van der Waals surface area contributed by atoms with Gasteiger partial charge in [0.2, 0.25) is 17.7 Å². The second-order valence-electron chi connectivity index (χ2n) is 8.74. The fourth-order valence-corrected chi connectivity index (χ4v) is 3.76. The van der Waals surface area contributed by atoms with Gasteiger partial charge in [0, 0.05) is 19.5 Å². The molecule has 3 amide bonds. The molecule has 0 aliphatic heterocycles. The number of thioether (sulfide) groups is 1. The summed E-state index contributed by atoms with van der Waals surface area (Å²) in [6.07, 6.45) is 1.91. The number of carboxylic acids is 2. The molecular formula is C22H42N10O7S. The lowest BCUT2D eigenvalue weighted by atomic mass is 10.1. The minimum Gasteiger partial charge on any atom is -0.481 e. The zero-order chi connectivity index (χ0) is 30.7. The number of nitrogens with one attached hydrogen (secondary N) is 3. The number of guanidine groups is 2. The van der Waals surface area contributed by atoms with Gasteiger partial charge in [0.05, 0.1) is 6.04 Å². The average Bonchev–Trinajstić information content (AvgIpc) is 2.87. The van der Waals surface area contributed by atoms with Crippen LogP contribution in [0.5, 0.6) is 0 Å². The number of hydrogen-bond donors (Lipinski definition) is 10. The third-order valence-corrected chi connectivity index (χ3v) is 6.03. The van der Waals surface area contributed by atoms with Crippen molar-refractivity contribution in [3.8, 4) is 0 Å². The first kappa shape index (κ1) is 36.2. The molecule has 4 atom stereocenters. The summed E-state index contributed by atoms with van der Waals surface area (Å²) in [5, 5.41) is 25.9. The van der Waals surface area contributed by atoms with Gasteiger partial charge in [-0.2, -0.15) is 11.8 Å². The molecule has 0 saturated heterocycles. The fourth-order valence-electron chi connectivity index (χ4n) is 3.27. The Labute approximate surface area is 236 Å². The summed E-state index contributed by atoms with van der Waals surface area (Å²) in [5.74, 6) is -4.57. The molecule has 228 valence electrons. The van der Waals surface area contributed by atoms with E-state index in [1.807, 2.05) is 6.26 Å². The van der Waals surface area contributed by atoms with E-state index in [1.165, 1.54) is 11.8 Å². The molecular weight excluding hydrogens is 548 g/mol. The van der Waals surface area contributed by atoms with Crippen LogP contribution in [0.15, 0.2) is 9.98 Å². The highest BCUT2D eigenvalue weighted by atomic mass is 32.2. The number of nitrogens with two attached hydrogens (primary N) is 5. The van der Waals surface area contributed by atoms with Crippen molar-refractivity contribution < 1.29 is 34.2 Å². The zero-order valence-electron chi connectivity index (χ0n) is 22.5. The minimum absolute atomic E-state index is 0.0329. The molecule has 40 heavy (non-hydrogen) atoms. The highest BCUT2D eigenvalue weighted by Gasteiger charge is 2.30. The first-order valence-electron chi connectivity index (χ1n) is 12.5. The van der Waals surface area contributed by atoms with Crippen molar-refractivity contribution in [1.29, 1.82) is 0 Å². The van der Waals surface area contributed by atoms with Crippen LogP contribution >= 0.6 is 11.8 Å². The van der Waals surface area contributed by atoms with E-state index in [9.17, 15) is 29.1 Å². The Morgan fingerprint density at radius 2 is 1.18 bits per heavy atom. The molecule has 0 rings (SSSR count). The third kappa shape index (κ3) is 16.9. The van der Waals surface area contributed by atoms with E-state index in [1.54, 1.807) is 0 Å². The Morgan fingerprint density at radius 3 is 1.62 bits per heavy atom. The number of rotatable bonds is 21. The van der Waals surface area contributed by atoms with E-state index in [0.29, 0.717) is 12.2 Å². The summed E-state index contributed by atoms with van der Waals surface area (Å²) in [7, 11) is 0. The summed E-state index contributed by atoms with van der Waals surface area (Å²) in [4.78, 5) is 69.1. The Kier molecular flexibility index (Phi) is 18.2. The topological polar surface area (TPSA) is 317 Å². The summed E-state index contributed by atoms with van der Waals surface area (Å²) in [5.41, 5.74) is 27.0. The standard InChI is InChI=1S/C22H42N10O7S/c1-40-11-8-12(23)17(35)30-13(4-2-9-28-21(24)25)18(36)31-14(6-7-16(33)34)19(37)32-15(20(38)39)5-3-10-29-22(26)27/h12-15H,2-11,23H2,1H3,(H,30,35)(H,31,36)(H,32,37)(H,33,34)(H,38,39)(H4,24,25,28)(H4,26,27,29). The molecule has 0 bridgehead atoms. The highest BCUT2D eigenvalue weighted by molar-refractivity contribution is 7.98. The van der Waals surface area contributed by atoms with E-state index < -0.39 is 60.2 Å². The van der Waals surface area contributed by atoms with Gasteiger partial charge in [-0.25, -0.2) is 4.79 Å². The van der Waals surface area contributed by atoms with Crippen LogP contribution in [0.2, 0.25) is 0 Å². The molecule has 0 aromatic carbocycles. The number of aliphatic carboxylic acids is 2. The van der Waals surface area contributed by atoms with E-state index in [-0.39, 0.29) is 57.1 Å². The predicted molar refractivity (Wildman–Crippen MR) is 151 cm³/mol.